The Morgan fingerprint density at radius 1 is 0.574 bits per heavy atom. The third-order valence-electron chi connectivity index (χ3n) is 11.5. The summed E-state index contributed by atoms with van der Waals surface area (Å²) >= 11 is 0. The van der Waals surface area contributed by atoms with Crippen LogP contribution in [0.4, 0.5) is 0 Å². The van der Waals surface area contributed by atoms with Crippen LogP contribution in [0.15, 0.2) is 42.0 Å². The Morgan fingerprint density at radius 3 is 1.68 bits per heavy atom. The van der Waals surface area contributed by atoms with Crippen molar-refractivity contribution in [3.63, 3.8) is 0 Å². The first-order valence-corrected chi connectivity index (χ1v) is 19.1. The molecule has 0 amide bonds. The van der Waals surface area contributed by atoms with E-state index < -0.39 is 204 Å². The number of benzene rings is 4. The van der Waals surface area contributed by atoms with Crippen LogP contribution < -0.4 is 4.74 Å². The fourth-order valence-electron chi connectivity index (χ4n) is 8.25. The van der Waals surface area contributed by atoms with Gasteiger partial charge in [0.15, 0.2) is 64.0 Å². The van der Waals surface area contributed by atoms with Crippen LogP contribution in [0.3, 0.4) is 0 Å². The van der Waals surface area contributed by atoms with Gasteiger partial charge < -0.3 is 105 Å². The lowest BCUT2D eigenvalue weighted by Crippen LogP contribution is -2.70. The predicted molar refractivity (Wildman–Crippen MR) is 204 cm³/mol. The maximum absolute atomic E-state index is 14.6. The lowest BCUT2D eigenvalue weighted by molar-refractivity contribution is -0.339. The zero-order chi connectivity index (χ0) is 49.4. The van der Waals surface area contributed by atoms with E-state index in [0.29, 0.717) is 30.3 Å². The summed E-state index contributed by atoms with van der Waals surface area (Å²) in [5.74, 6) is -36.5. The van der Waals surface area contributed by atoms with Gasteiger partial charge in [-0.15, -0.1) is 0 Å². The van der Waals surface area contributed by atoms with Crippen LogP contribution in [0, 0.1) is 0 Å². The molecule has 6 bridgehead atoms. The number of hydrogen-bond acceptors (Lipinski definition) is 27. The molecular weight excluding hydrogens is 924 g/mol. The van der Waals surface area contributed by atoms with Crippen LogP contribution in [0.5, 0.6) is 69.0 Å². The van der Waals surface area contributed by atoms with Crippen LogP contribution in [0.2, 0.25) is 0 Å². The van der Waals surface area contributed by atoms with Crippen molar-refractivity contribution in [2.45, 2.75) is 48.2 Å². The Bertz CT molecular complexity index is 3020. The first-order chi connectivity index (χ1) is 31.9. The Hall–Kier alpha value is -8.92. The lowest BCUT2D eigenvalue weighted by atomic mass is 9.70. The molecule has 68 heavy (non-hydrogen) atoms. The number of esters is 5. The van der Waals surface area contributed by atoms with Crippen LogP contribution in [-0.2, 0) is 38.0 Å². The highest BCUT2D eigenvalue weighted by molar-refractivity contribution is 6.10. The number of carbonyl (C=O) groups is 6. The monoisotopic (exact) mass is 952 g/mol. The van der Waals surface area contributed by atoms with E-state index >= 15 is 0 Å². The molecule has 0 radical (unpaired) electrons. The number of cyclic esters (lactones) is 1. The summed E-state index contributed by atoms with van der Waals surface area (Å²) in [5.41, 5.74) is -8.48. The van der Waals surface area contributed by atoms with Crippen molar-refractivity contribution in [2.24, 2.45) is 0 Å². The number of ketones is 1. The Morgan fingerprint density at radius 2 is 1.07 bits per heavy atom. The van der Waals surface area contributed by atoms with E-state index in [0.717, 1.165) is 0 Å². The van der Waals surface area contributed by atoms with Gasteiger partial charge >= 0.3 is 35.6 Å². The number of hydrogen-bond donors (Lipinski definition) is 14. The van der Waals surface area contributed by atoms with E-state index in [2.05, 4.69) is 0 Å². The summed E-state index contributed by atoms with van der Waals surface area (Å²) in [5, 5.41) is 150. The SMILES string of the molecule is O=C1O[C@@H]2[C@H]3OC(=O)c4cc(O)c(O)c(O)c4-c4c(cc(O)c(O)c4O)C(=O)OC[C@@H]2O[C@@H](OC(=O)c2cc(O)c(O)c(O)c2)[C@H]3OC(=O)c2cc(O)c(O)c3c2C2C1=CC(=O)C(O)(O3)C2(O)O. The molecule has 0 aromatic heterocycles. The average Bonchev–Trinajstić information content (AvgIpc) is 3.28. The van der Waals surface area contributed by atoms with Gasteiger partial charge in [0, 0.05) is 16.7 Å². The second-order valence-electron chi connectivity index (χ2n) is 15.5. The van der Waals surface area contributed by atoms with Gasteiger partial charge in [-0.2, -0.15) is 0 Å². The van der Waals surface area contributed by atoms with Gasteiger partial charge in [-0.3, -0.25) is 4.79 Å². The zero-order valence-corrected chi connectivity index (χ0v) is 33.2. The maximum atomic E-state index is 14.6. The molecule has 354 valence electrons. The van der Waals surface area contributed by atoms with Gasteiger partial charge in [-0.1, -0.05) is 0 Å². The summed E-state index contributed by atoms with van der Waals surface area (Å²) in [6.45, 7) is -1.31. The highest BCUT2D eigenvalue weighted by Gasteiger charge is 2.70. The highest BCUT2D eigenvalue weighted by atomic mass is 16.8. The van der Waals surface area contributed by atoms with Crippen molar-refractivity contribution in [2.75, 3.05) is 6.61 Å². The molecule has 4 heterocycles. The number of aliphatic hydroxyl groups is 3. The molecule has 4 aromatic carbocycles. The van der Waals surface area contributed by atoms with E-state index in [1.54, 1.807) is 0 Å². The molecule has 27 nitrogen and oxygen atoms in total. The first kappa shape index (κ1) is 44.3. The number of fused-ring (bicyclic) bond motifs is 4. The molecule has 5 aliphatic rings. The molecule has 1 aliphatic carbocycles. The highest BCUT2D eigenvalue weighted by Crippen LogP contribution is 2.59. The molecule has 2 unspecified atom stereocenters. The van der Waals surface area contributed by atoms with E-state index in [9.17, 15) is 100 Å². The van der Waals surface area contributed by atoms with Crippen LogP contribution >= 0.6 is 0 Å². The fraction of sp³-hybridized carbons (Fsp3) is 0.220. The van der Waals surface area contributed by atoms with Crippen LogP contribution in [-0.4, -0.2) is 156 Å². The fourth-order valence-corrected chi connectivity index (χ4v) is 8.25. The predicted octanol–water partition coefficient (Wildman–Crippen LogP) is -1.10. The Balaban J connectivity index is 1.30. The van der Waals surface area contributed by atoms with Gasteiger partial charge in [0.1, 0.15) is 12.7 Å². The van der Waals surface area contributed by atoms with E-state index in [-0.39, 0.29) is 6.08 Å². The third-order valence-corrected chi connectivity index (χ3v) is 11.5. The first-order valence-electron chi connectivity index (χ1n) is 19.1. The molecule has 7 atom stereocenters. The Kier molecular flexibility index (Phi) is 9.64. The third kappa shape index (κ3) is 6.21. The van der Waals surface area contributed by atoms with Crippen molar-refractivity contribution in [1.29, 1.82) is 0 Å². The standard InChI is InChI=1S/C41H28O27/c42-13-1-8(2-14(43)24(13)48)34(54)67-39-33-32-30(64-38(58)12-6-19(47)41(61)40(59,60)23(12)22-11(37(57)66-33)5-17(46)27(51)31(22)68-41)18(63-39)7-62-35(55)9-3-15(44)25(49)28(52)20(9)21-10(36(56)65-32)4-16(45)26(50)29(21)53/h1-6,18,23,30,32-33,39,42-46,48-53,59-61H,7H2/t18-,23?,30-,32+,33-,39-,41?/m0/s1. The number of phenols is 11. The average molecular weight is 953 g/mol. The van der Waals surface area contributed by atoms with Gasteiger partial charge in [0.05, 0.1) is 33.7 Å². The van der Waals surface area contributed by atoms with Crippen molar-refractivity contribution in [3.05, 3.63) is 69.8 Å². The molecule has 1 fully saturated rings. The van der Waals surface area contributed by atoms with Crippen molar-refractivity contribution in [1.82, 2.24) is 0 Å². The van der Waals surface area contributed by atoms with E-state index in [4.69, 9.17) is 33.2 Å². The Labute approximate surface area is 373 Å². The molecule has 4 aromatic rings. The maximum Gasteiger partial charge on any atom is 0.340 e. The van der Waals surface area contributed by atoms with Gasteiger partial charge in [0.2, 0.25) is 35.4 Å². The summed E-state index contributed by atoms with van der Waals surface area (Å²) in [7, 11) is 0. The van der Waals surface area contributed by atoms with E-state index in [1.165, 1.54) is 0 Å². The van der Waals surface area contributed by atoms with Gasteiger partial charge in [-0.25, -0.2) is 24.0 Å². The second-order valence-corrected chi connectivity index (χ2v) is 15.5. The number of carbonyl (C=O) groups excluding carboxylic acids is 6. The van der Waals surface area contributed by atoms with Gasteiger partial charge in [-0.05, 0) is 36.4 Å². The van der Waals surface area contributed by atoms with Crippen molar-refractivity contribution >= 4 is 35.6 Å². The normalized spacial score (nSPS) is 25.7. The molecule has 1 saturated heterocycles. The minimum absolute atomic E-state index is 0.264. The van der Waals surface area contributed by atoms with Crippen molar-refractivity contribution < 1.29 is 133 Å². The molecule has 14 N–H and O–H groups in total. The van der Waals surface area contributed by atoms with Crippen molar-refractivity contribution in [3.8, 4) is 80.1 Å². The summed E-state index contributed by atoms with van der Waals surface area (Å²) < 4.78 is 38.9. The zero-order valence-electron chi connectivity index (χ0n) is 33.2. The topological polar surface area (TPSA) is 450 Å². The van der Waals surface area contributed by atoms with Crippen LogP contribution in [0.1, 0.15) is 52.9 Å². The smallest absolute Gasteiger partial charge is 0.340 e. The number of ether oxygens (including phenoxy) is 7. The van der Waals surface area contributed by atoms with Crippen LogP contribution in [0.25, 0.3) is 11.1 Å². The molecular formula is C41H28O27. The van der Waals surface area contributed by atoms with E-state index in [1.807, 2.05) is 0 Å². The molecule has 0 saturated carbocycles. The lowest BCUT2D eigenvalue weighted by Gasteiger charge is -2.49. The summed E-state index contributed by atoms with van der Waals surface area (Å²) in [6.07, 6.45) is -12.1. The molecule has 0 spiro atoms. The second kappa shape index (κ2) is 14.8. The minimum atomic E-state index is -3.98. The molecule has 9 rings (SSSR count). The summed E-state index contributed by atoms with van der Waals surface area (Å²) in [4.78, 5) is 84.8. The minimum Gasteiger partial charge on any atom is -0.504 e. The quantitative estimate of drug-likeness (QED) is 0.0491. The number of phenolic OH excluding ortho intramolecular Hbond substituents is 11. The molecule has 4 aliphatic heterocycles. The number of rotatable bonds is 2. The molecule has 27 heteroatoms. The summed E-state index contributed by atoms with van der Waals surface area (Å²) in [6, 6.07) is 2.32. The number of aromatic hydroxyl groups is 11. The van der Waals surface area contributed by atoms with Gasteiger partial charge in [0.25, 0.3) is 5.79 Å². The largest absolute Gasteiger partial charge is 0.504 e.